The summed E-state index contributed by atoms with van der Waals surface area (Å²) < 4.78 is 28.5. The van der Waals surface area contributed by atoms with Gasteiger partial charge in [-0.3, -0.25) is 0 Å². The number of rotatable bonds is 4. The summed E-state index contributed by atoms with van der Waals surface area (Å²) in [6.45, 7) is 3.96. The molecule has 0 saturated carbocycles. The first-order chi connectivity index (χ1) is 9.77. The van der Waals surface area contributed by atoms with Gasteiger partial charge in [0.05, 0.1) is 4.90 Å². The summed E-state index contributed by atoms with van der Waals surface area (Å²) >= 11 is 5.83. The Kier molecular flexibility index (Phi) is 4.81. The average molecular weight is 345 g/mol. The molecule has 0 N–H and O–H groups in total. The van der Waals surface area contributed by atoms with Crippen molar-refractivity contribution in [2.45, 2.75) is 25.3 Å². The Hall–Kier alpha value is -1.23. The lowest BCUT2D eigenvalue weighted by atomic mass is 10.1. The fourth-order valence-electron chi connectivity index (χ4n) is 2.02. The van der Waals surface area contributed by atoms with E-state index in [0.717, 1.165) is 16.7 Å². The Morgan fingerprint density at radius 2 is 1.57 bits per heavy atom. The van der Waals surface area contributed by atoms with Crippen molar-refractivity contribution in [2.75, 3.05) is 0 Å². The smallest absolute Gasteiger partial charge is 0.261 e. The molecule has 0 aliphatic rings. The van der Waals surface area contributed by atoms with Gasteiger partial charge < -0.3 is 4.74 Å². The van der Waals surface area contributed by atoms with E-state index >= 15 is 0 Å². The molecule has 112 valence electrons. The number of halogens is 2. The third-order valence-electron chi connectivity index (χ3n) is 3.01. The van der Waals surface area contributed by atoms with Gasteiger partial charge >= 0.3 is 0 Å². The van der Waals surface area contributed by atoms with Crippen molar-refractivity contribution >= 4 is 31.3 Å². The van der Waals surface area contributed by atoms with Gasteiger partial charge in [-0.1, -0.05) is 23.7 Å². The molecule has 6 heteroatoms. The normalized spacial score (nSPS) is 11.4. The second-order valence-corrected chi connectivity index (χ2v) is 7.74. The maximum absolute atomic E-state index is 11.4. The molecule has 0 amide bonds. The maximum Gasteiger partial charge on any atom is 0.261 e. The molecular formula is C15H14Cl2O3S. The van der Waals surface area contributed by atoms with Gasteiger partial charge in [-0.15, -0.1) is 0 Å². The number of benzene rings is 2. The van der Waals surface area contributed by atoms with Crippen LogP contribution in [0.5, 0.6) is 5.75 Å². The molecule has 0 atom stereocenters. The third-order valence-corrected chi connectivity index (χ3v) is 4.60. The number of hydrogen-bond acceptors (Lipinski definition) is 3. The van der Waals surface area contributed by atoms with Crippen molar-refractivity contribution in [2.24, 2.45) is 0 Å². The van der Waals surface area contributed by atoms with Crippen LogP contribution in [0.4, 0.5) is 0 Å². The second-order valence-electron chi connectivity index (χ2n) is 4.74. The Balaban J connectivity index is 2.23. The van der Waals surface area contributed by atoms with Crippen molar-refractivity contribution in [3.05, 3.63) is 58.1 Å². The molecule has 0 aliphatic carbocycles. The lowest BCUT2D eigenvalue weighted by Gasteiger charge is -2.13. The van der Waals surface area contributed by atoms with E-state index < -0.39 is 9.05 Å². The minimum atomic E-state index is -3.73. The molecular weight excluding hydrogens is 331 g/mol. The van der Waals surface area contributed by atoms with Gasteiger partial charge in [0.15, 0.2) is 0 Å². The lowest BCUT2D eigenvalue weighted by Crippen LogP contribution is -2.01. The highest BCUT2D eigenvalue weighted by Crippen LogP contribution is 2.29. The summed E-state index contributed by atoms with van der Waals surface area (Å²) in [5.41, 5.74) is 2.43. The lowest BCUT2D eigenvalue weighted by molar-refractivity contribution is 0.301. The minimum Gasteiger partial charge on any atom is -0.488 e. The quantitative estimate of drug-likeness (QED) is 0.768. The van der Waals surface area contributed by atoms with E-state index in [1.807, 2.05) is 12.1 Å². The summed E-state index contributed by atoms with van der Waals surface area (Å²) in [7, 11) is 1.63. The van der Waals surface area contributed by atoms with Crippen LogP contribution in [0.25, 0.3) is 0 Å². The molecule has 0 saturated heterocycles. The summed E-state index contributed by atoms with van der Waals surface area (Å²) in [6.07, 6.45) is 0. The zero-order chi connectivity index (χ0) is 15.6. The summed E-state index contributed by atoms with van der Waals surface area (Å²) in [6, 6.07) is 10.4. The predicted octanol–water partition coefficient (Wildman–Crippen LogP) is 4.46. The van der Waals surface area contributed by atoms with E-state index in [2.05, 4.69) is 0 Å². The van der Waals surface area contributed by atoms with E-state index in [1.165, 1.54) is 12.1 Å². The van der Waals surface area contributed by atoms with Crippen LogP contribution in [0.1, 0.15) is 16.7 Å². The minimum absolute atomic E-state index is 0.0815. The molecule has 0 unspecified atom stereocenters. The monoisotopic (exact) mass is 344 g/mol. The van der Waals surface area contributed by atoms with E-state index in [4.69, 9.17) is 27.0 Å². The van der Waals surface area contributed by atoms with Gasteiger partial charge in [-0.2, -0.15) is 0 Å². The number of aryl methyl sites for hydroxylation is 2. The molecule has 0 spiro atoms. The fraction of sp³-hybridized carbons (Fsp3) is 0.200. The average Bonchev–Trinajstić information content (AvgIpc) is 2.38. The first-order valence-electron chi connectivity index (χ1n) is 6.20. The van der Waals surface area contributed by atoms with Gasteiger partial charge in [0.1, 0.15) is 12.4 Å². The molecule has 0 aromatic heterocycles. The van der Waals surface area contributed by atoms with Crippen LogP contribution in [0, 0.1) is 13.8 Å². The molecule has 21 heavy (non-hydrogen) atoms. The standard InChI is InChI=1S/C15H14Cl2O3S/c1-10-7-14(21(17,18)19)8-11(2)15(10)20-9-12-3-5-13(16)6-4-12/h3-8H,9H2,1-2H3. The molecule has 0 fully saturated rings. The van der Waals surface area contributed by atoms with Crippen LogP contribution in [-0.2, 0) is 15.7 Å². The molecule has 0 bridgehead atoms. The Bertz CT molecular complexity index is 730. The van der Waals surface area contributed by atoms with Gasteiger partial charge in [0, 0.05) is 15.7 Å². The summed E-state index contributed by atoms with van der Waals surface area (Å²) in [5, 5.41) is 0.669. The van der Waals surface area contributed by atoms with Crippen LogP contribution in [0.2, 0.25) is 5.02 Å². The molecule has 0 radical (unpaired) electrons. The van der Waals surface area contributed by atoms with Crippen LogP contribution >= 0.6 is 22.3 Å². The highest BCUT2D eigenvalue weighted by atomic mass is 35.7. The summed E-state index contributed by atoms with van der Waals surface area (Å²) in [4.78, 5) is 0.0815. The highest BCUT2D eigenvalue weighted by molar-refractivity contribution is 8.13. The van der Waals surface area contributed by atoms with E-state index in [0.29, 0.717) is 17.4 Å². The maximum atomic E-state index is 11.4. The SMILES string of the molecule is Cc1cc(S(=O)(=O)Cl)cc(C)c1OCc1ccc(Cl)cc1. The third kappa shape index (κ3) is 4.13. The molecule has 2 rings (SSSR count). The van der Waals surface area contributed by atoms with Gasteiger partial charge in [0.2, 0.25) is 0 Å². The molecule has 0 heterocycles. The van der Waals surface area contributed by atoms with E-state index in [9.17, 15) is 8.42 Å². The second kappa shape index (κ2) is 6.26. The summed E-state index contributed by atoms with van der Waals surface area (Å²) in [5.74, 6) is 0.661. The first kappa shape index (κ1) is 16.1. The largest absolute Gasteiger partial charge is 0.488 e. The van der Waals surface area contributed by atoms with Crippen LogP contribution < -0.4 is 4.74 Å². The van der Waals surface area contributed by atoms with Crippen LogP contribution in [0.15, 0.2) is 41.3 Å². The van der Waals surface area contributed by atoms with Crippen molar-refractivity contribution < 1.29 is 13.2 Å². The predicted molar refractivity (Wildman–Crippen MR) is 84.7 cm³/mol. The van der Waals surface area contributed by atoms with Gasteiger partial charge in [-0.05, 0) is 54.8 Å². The van der Waals surface area contributed by atoms with Crippen LogP contribution in [-0.4, -0.2) is 8.42 Å². The highest BCUT2D eigenvalue weighted by Gasteiger charge is 2.14. The van der Waals surface area contributed by atoms with Crippen molar-refractivity contribution in [3.8, 4) is 5.75 Å². The topological polar surface area (TPSA) is 43.4 Å². The molecule has 2 aromatic carbocycles. The molecule has 3 nitrogen and oxygen atoms in total. The Morgan fingerprint density at radius 1 is 1.05 bits per heavy atom. The fourth-order valence-corrected chi connectivity index (χ4v) is 3.04. The zero-order valence-corrected chi connectivity index (χ0v) is 13.9. The number of ether oxygens (including phenoxy) is 1. The zero-order valence-electron chi connectivity index (χ0n) is 11.6. The van der Waals surface area contributed by atoms with Crippen molar-refractivity contribution in [1.29, 1.82) is 0 Å². The van der Waals surface area contributed by atoms with Gasteiger partial charge in [-0.25, -0.2) is 8.42 Å². The van der Waals surface area contributed by atoms with E-state index in [-0.39, 0.29) is 4.90 Å². The van der Waals surface area contributed by atoms with Gasteiger partial charge in [0.25, 0.3) is 9.05 Å². The van der Waals surface area contributed by atoms with Crippen molar-refractivity contribution in [3.63, 3.8) is 0 Å². The van der Waals surface area contributed by atoms with Crippen LogP contribution in [0.3, 0.4) is 0 Å². The Morgan fingerprint density at radius 3 is 2.05 bits per heavy atom. The molecule has 0 aliphatic heterocycles. The van der Waals surface area contributed by atoms with Crippen molar-refractivity contribution in [1.82, 2.24) is 0 Å². The molecule has 2 aromatic rings. The number of hydrogen-bond donors (Lipinski definition) is 0. The van der Waals surface area contributed by atoms with E-state index in [1.54, 1.807) is 26.0 Å². The Labute approximate surface area is 133 Å². The first-order valence-corrected chi connectivity index (χ1v) is 8.89.